The molecule has 8 aromatic rings. The van der Waals surface area contributed by atoms with E-state index in [9.17, 15) is 10.2 Å². The van der Waals surface area contributed by atoms with Gasteiger partial charge in [0, 0.05) is 69.7 Å². The first-order valence-corrected chi connectivity index (χ1v) is 21.5. The molecule has 0 bridgehead atoms. The molecule has 10 rings (SSSR count). The number of rotatable bonds is 4. The Balaban J connectivity index is 1.45. The van der Waals surface area contributed by atoms with E-state index in [2.05, 4.69) is 102 Å². The lowest BCUT2D eigenvalue weighted by Crippen LogP contribution is -2.28. The Bertz CT molecular complexity index is 2450. The molecule has 0 radical (unpaired) electrons. The summed E-state index contributed by atoms with van der Waals surface area (Å²) in [4.78, 5) is 14.7. The smallest absolute Gasteiger partial charge is 0.125 e. The Morgan fingerprint density at radius 1 is 0.400 bits per heavy atom. The zero-order valence-electron chi connectivity index (χ0n) is 28.3. The maximum absolute atomic E-state index is 12.5. The van der Waals surface area contributed by atoms with Gasteiger partial charge in [-0.15, -0.1) is 68.0 Å². The van der Waals surface area contributed by atoms with Crippen molar-refractivity contribution < 1.29 is 10.2 Å². The number of thiophene rings is 6. The minimum Gasteiger partial charge on any atom is -0.507 e. The number of hydrogen-bond acceptors (Lipinski definition) is 8. The first kappa shape index (κ1) is 31.3. The van der Waals surface area contributed by atoms with E-state index in [1.807, 2.05) is 57.5 Å². The van der Waals surface area contributed by atoms with Crippen LogP contribution in [0.1, 0.15) is 71.0 Å². The van der Waals surface area contributed by atoms with Crippen molar-refractivity contribution in [2.45, 2.75) is 52.4 Å². The van der Waals surface area contributed by atoms with Gasteiger partial charge in [0.15, 0.2) is 0 Å². The van der Waals surface area contributed by atoms with Gasteiger partial charge in [-0.05, 0) is 147 Å². The number of phenols is 2. The second-order valence-electron chi connectivity index (χ2n) is 13.7. The number of aromatic hydroxyl groups is 2. The van der Waals surface area contributed by atoms with E-state index in [1.54, 1.807) is 22.7 Å². The van der Waals surface area contributed by atoms with E-state index in [-0.39, 0.29) is 0 Å². The zero-order chi connectivity index (χ0) is 34.4. The zero-order valence-corrected chi connectivity index (χ0v) is 33.2. The standard InChI is InChI=1S/C42H32O2S6/c1-19-7-11-31(45-19)41(32-12-8-20(2)46-32)27-15-23(5)49-39(27)35-29(43)18-26-25(37(35)41)17-30(44)36-38(26)42(33-13-9-21(3)47-33,34-14-10-22(4)48-34)28-16-24(6)50-40(28)36/h7-18,43-44H,1-6H3. The molecule has 6 heterocycles. The van der Waals surface area contributed by atoms with Gasteiger partial charge in [0.1, 0.15) is 11.5 Å². The highest BCUT2D eigenvalue weighted by Gasteiger charge is 2.55. The Morgan fingerprint density at radius 3 is 1.00 bits per heavy atom. The number of fused-ring (bicyclic) bond motifs is 9. The second-order valence-corrected chi connectivity index (χ2v) is 21.4. The third kappa shape index (κ3) is 3.82. The minimum absolute atomic E-state index is 0.303. The van der Waals surface area contributed by atoms with Crippen molar-refractivity contribution in [3.8, 4) is 32.4 Å². The van der Waals surface area contributed by atoms with Crippen LogP contribution in [0.2, 0.25) is 0 Å². The van der Waals surface area contributed by atoms with Gasteiger partial charge in [0.05, 0.1) is 10.8 Å². The van der Waals surface area contributed by atoms with E-state index >= 15 is 0 Å². The monoisotopic (exact) mass is 760 g/mol. The highest BCUT2D eigenvalue weighted by atomic mass is 32.1. The van der Waals surface area contributed by atoms with E-state index < -0.39 is 10.8 Å². The fourth-order valence-electron chi connectivity index (χ4n) is 8.79. The molecular formula is C42H32O2S6. The third-order valence-corrected chi connectivity index (χ3v) is 17.2. The second kappa shape index (κ2) is 10.5. The maximum Gasteiger partial charge on any atom is 0.125 e. The molecule has 0 aliphatic heterocycles. The fourth-order valence-corrected chi connectivity index (χ4v) is 15.6. The summed E-state index contributed by atoms with van der Waals surface area (Å²) in [5.41, 5.74) is 5.15. The number of benzene rings is 2. The molecule has 0 saturated carbocycles. The topological polar surface area (TPSA) is 40.5 Å². The first-order valence-electron chi connectivity index (χ1n) is 16.6. The van der Waals surface area contributed by atoms with Crippen LogP contribution in [0.25, 0.3) is 31.7 Å². The van der Waals surface area contributed by atoms with Gasteiger partial charge in [-0.3, -0.25) is 0 Å². The van der Waals surface area contributed by atoms with Gasteiger partial charge in [-0.2, -0.15) is 0 Å². The molecule has 0 amide bonds. The van der Waals surface area contributed by atoms with Crippen LogP contribution in [-0.4, -0.2) is 10.2 Å². The van der Waals surface area contributed by atoms with Gasteiger partial charge in [0.2, 0.25) is 0 Å². The van der Waals surface area contributed by atoms with E-state index in [4.69, 9.17) is 0 Å². The summed E-state index contributed by atoms with van der Waals surface area (Å²) >= 11 is 10.9. The lowest BCUT2D eigenvalue weighted by molar-refractivity contribution is 0.475. The van der Waals surface area contributed by atoms with Crippen molar-refractivity contribution in [3.05, 3.63) is 144 Å². The molecule has 6 aromatic heterocycles. The maximum atomic E-state index is 12.5. The van der Waals surface area contributed by atoms with Crippen LogP contribution in [0.3, 0.4) is 0 Å². The Labute approximate surface area is 315 Å². The van der Waals surface area contributed by atoms with Crippen molar-refractivity contribution in [3.63, 3.8) is 0 Å². The molecule has 2 nitrogen and oxygen atoms in total. The molecule has 2 N–H and O–H groups in total. The minimum atomic E-state index is -0.632. The van der Waals surface area contributed by atoms with Crippen LogP contribution in [0.15, 0.2) is 72.8 Å². The molecule has 50 heavy (non-hydrogen) atoms. The van der Waals surface area contributed by atoms with Crippen LogP contribution < -0.4 is 0 Å². The lowest BCUT2D eigenvalue weighted by atomic mass is 9.71. The molecular weight excluding hydrogens is 729 g/mol. The predicted octanol–water partition coefficient (Wildman–Crippen LogP) is 13.2. The average Bonchev–Trinajstić information content (AvgIpc) is 3.90. The summed E-state index contributed by atoms with van der Waals surface area (Å²) in [7, 11) is 0. The molecule has 8 heteroatoms. The molecule has 2 aromatic carbocycles. The number of aryl methyl sites for hydroxylation is 6. The van der Waals surface area contributed by atoms with Gasteiger partial charge in [0.25, 0.3) is 0 Å². The lowest BCUT2D eigenvalue weighted by Gasteiger charge is -2.34. The first-order chi connectivity index (χ1) is 24.0. The molecule has 2 aliphatic carbocycles. The Hall–Kier alpha value is -3.50. The van der Waals surface area contributed by atoms with Crippen LogP contribution >= 0.6 is 68.0 Å². The highest BCUT2D eigenvalue weighted by molar-refractivity contribution is 7.17. The van der Waals surface area contributed by atoms with Crippen LogP contribution in [-0.2, 0) is 10.8 Å². The largest absolute Gasteiger partial charge is 0.507 e. The molecule has 0 fully saturated rings. The number of phenolic OH excluding ortho intramolecular Hbond substituents is 2. The summed E-state index contributed by atoms with van der Waals surface area (Å²) < 4.78 is 0. The van der Waals surface area contributed by atoms with Gasteiger partial charge in [-0.25, -0.2) is 0 Å². The van der Waals surface area contributed by atoms with Crippen molar-refractivity contribution in [2.24, 2.45) is 0 Å². The summed E-state index contributed by atoms with van der Waals surface area (Å²) in [5, 5.41) is 27.0. The van der Waals surface area contributed by atoms with Gasteiger partial charge >= 0.3 is 0 Å². The third-order valence-electron chi connectivity index (χ3n) is 10.6. The van der Waals surface area contributed by atoms with Crippen molar-refractivity contribution in [2.75, 3.05) is 0 Å². The summed E-state index contributed by atoms with van der Waals surface area (Å²) in [6, 6.07) is 26.8. The fraction of sp³-hybridized carbons (Fsp3) is 0.190. The van der Waals surface area contributed by atoms with Gasteiger partial charge < -0.3 is 10.2 Å². The normalized spacial score (nSPS) is 15.1. The molecule has 0 atom stereocenters. The van der Waals surface area contributed by atoms with Gasteiger partial charge in [-0.1, -0.05) is 0 Å². The van der Waals surface area contributed by atoms with E-state index in [1.165, 1.54) is 59.9 Å². The highest BCUT2D eigenvalue weighted by Crippen LogP contribution is 2.68. The van der Waals surface area contributed by atoms with Crippen molar-refractivity contribution >= 4 is 78.8 Å². The van der Waals surface area contributed by atoms with Crippen LogP contribution in [0, 0.1) is 41.5 Å². The summed E-state index contributed by atoms with van der Waals surface area (Å²) in [5.74, 6) is 0.606. The predicted molar refractivity (Wildman–Crippen MR) is 218 cm³/mol. The van der Waals surface area contributed by atoms with Crippen molar-refractivity contribution in [1.29, 1.82) is 0 Å². The van der Waals surface area contributed by atoms with Crippen LogP contribution in [0.5, 0.6) is 11.5 Å². The van der Waals surface area contributed by atoms with E-state index in [0.29, 0.717) is 11.5 Å². The molecule has 2 aliphatic rings. The summed E-state index contributed by atoms with van der Waals surface area (Å²) in [6.07, 6.45) is 0. The molecule has 0 spiro atoms. The quantitative estimate of drug-likeness (QED) is 0.188. The molecule has 0 saturated heterocycles. The Morgan fingerprint density at radius 2 is 0.720 bits per heavy atom. The Kier molecular flexibility index (Phi) is 6.58. The average molecular weight is 761 g/mol. The molecule has 248 valence electrons. The molecule has 0 unspecified atom stereocenters. The van der Waals surface area contributed by atoms with Crippen molar-refractivity contribution in [1.82, 2.24) is 0 Å². The summed E-state index contributed by atoms with van der Waals surface area (Å²) in [6.45, 7) is 13.1. The number of hydrogen-bond donors (Lipinski definition) is 2. The SMILES string of the molecule is Cc1ccc(C2(c3ccc(C)s3)c3cc(C)sc3-c3c(O)cc4c5c(c(O)cc4c32)-c2sc(C)cc2C5(c2ccc(C)s2)c2ccc(C)s2)s1. The van der Waals surface area contributed by atoms with E-state index in [0.717, 1.165) is 42.8 Å². The van der Waals surface area contributed by atoms with Crippen LogP contribution in [0.4, 0.5) is 0 Å².